The van der Waals surface area contributed by atoms with Crippen LogP contribution >= 0.6 is 0 Å². The fourth-order valence-corrected chi connectivity index (χ4v) is 1.19. The summed E-state index contributed by atoms with van der Waals surface area (Å²) in [7, 11) is 0. The van der Waals surface area contributed by atoms with Crippen LogP contribution in [-0.4, -0.2) is 22.6 Å². The van der Waals surface area contributed by atoms with Crippen molar-refractivity contribution in [1.29, 1.82) is 0 Å². The molecule has 0 unspecified atom stereocenters. The van der Waals surface area contributed by atoms with Gasteiger partial charge < -0.3 is 21.0 Å². The van der Waals surface area contributed by atoms with E-state index in [1.807, 2.05) is 0 Å². The largest absolute Gasteiger partial charge is 0.810 e. The van der Waals surface area contributed by atoms with Crippen molar-refractivity contribution in [3.63, 3.8) is 0 Å². The van der Waals surface area contributed by atoms with Gasteiger partial charge in [-0.05, 0) is 23.3 Å². The Bertz CT molecular complexity index is 505. The van der Waals surface area contributed by atoms with Crippen LogP contribution in [0, 0.1) is 0 Å². The summed E-state index contributed by atoms with van der Waals surface area (Å²) < 4.78 is 0. The molecule has 0 aromatic heterocycles. The second-order valence-corrected chi connectivity index (χ2v) is 3.38. The number of aromatic hydroxyl groups is 2. The fraction of sp³-hybridized carbons (Fsp3) is 0. The van der Waals surface area contributed by atoms with E-state index in [1.54, 1.807) is 36.4 Å². The second-order valence-electron chi connectivity index (χ2n) is 3.38. The van der Waals surface area contributed by atoms with Crippen molar-refractivity contribution in [1.82, 2.24) is 0 Å². The number of phenols is 2. The van der Waals surface area contributed by atoms with E-state index in [0.717, 1.165) is 12.4 Å². The van der Waals surface area contributed by atoms with E-state index >= 15 is 0 Å². The molecule has 0 heterocycles. The molecule has 2 aromatic carbocycles. The summed E-state index contributed by atoms with van der Waals surface area (Å²) in [5.41, 5.74) is 0.884. The molecule has 0 saturated heterocycles. The monoisotopic (exact) mass is 613 g/mol. The predicted molar refractivity (Wildman–Crippen MR) is 73.3 cm³/mol. The molecule has 108 valence electrons. The number of phenolic OH excluding ortho intramolecular Hbond substituents is 2. The Morgan fingerprint density at radius 3 is 1.14 bits per heavy atom. The zero-order chi connectivity index (χ0) is 13.4. The number of para-hydroxylation sites is 2. The summed E-state index contributed by atoms with van der Waals surface area (Å²) in [4.78, 5) is 0. The first-order chi connectivity index (χ1) is 8.69. The maximum Gasteiger partial charge on any atom is 0.120 e. The molecule has 0 atom stereocenters. The topological polar surface area (TPSA) is 85.1 Å². The molecule has 0 amide bonds. The van der Waals surface area contributed by atoms with Crippen LogP contribution in [0.1, 0.15) is 11.1 Å². The van der Waals surface area contributed by atoms with Gasteiger partial charge in [-0.3, -0.25) is 0 Å². The van der Waals surface area contributed by atoms with Crippen LogP contribution in [0.4, 0.5) is 0 Å². The van der Waals surface area contributed by atoms with E-state index in [2.05, 4.69) is 0 Å². The van der Waals surface area contributed by atoms with Gasteiger partial charge in [0, 0.05) is 86.5 Å². The summed E-state index contributed by atoms with van der Waals surface area (Å²) in [6.45, 7) is 0. The van der Waals surface area contributed by atoms with Crippen molar-refractivity contribution in [2.45, 2.75) is 0 Å². The van der Waals surface area contributed by atoms with Gasteiger partial charge in [0.1, 0.15) is 11.5 Å². The van der Waals surface area contributed by atoms with E-state index < -0.39 is 0 Å². The van der Waals surface area contributed by atoms with E-state index in [-0.39, 0.29) is 98.0 Å². The first-order valence-corrected chi connectivity index (χ1v) is 5.20. The predicted octanol–water partition coefficient (Wildman–Crippen LogP) is 2.75. The Balaban J connectivity index is -0.000000270. The number of nitrogens with zero attached hydrogens (tertiary/aromatic N) is 2. The maximum atomic E-state index is 8.92. The van der Waals surface area contributed by atoms with E-state index in [0.29, 0.717) is 11.1 Å². The normalized spacial score (nSPS) is 7.62. The van der Waals surface area contributed by atoms with Gasteiger partial charge in [0.25, 0.3) is 0 Å². The quantitative estimate of drug-likeness (QED) is 0.512. The Labute approximate surface area is 188 Å². The summed E-state index contributed by atoms with van der Waals surface area (Å²) in [6, 6.07) is 13.1. The van der Waals surface area contributed by atoms with Crippen LogP contribution in [-0.2, 0) is 86.5 Å². The van der Waals surface area contributed by atoms with Crippen molar-refractivity contribution in [3.8, 4) is 11.5 Å². The third-order valence-corrected chi connectivity index (χ3v) is 2.15. The molecule has 2 rings (SSSR count). The van der Waals surface area contributed by atoms with Crippen LogP contribution < -0.4 is 0 Å². The van der Waals surface area contributed by atoms with Crippen LogP contribution in [0.2, 0.25) is 0 Å². The zero-order valence-electron chi connectivity index (χ0n) is 11.0. The first-order valence-electron chi connectivity index (χ1n) is 5.20. The van der Waals surface area contributed by atoms with Gasteiger partial charge in [-0.25, -0.2) is 0 Å². The molecule has 21 heavy (non-hydrogen) atoms. The van der Waals surface area contributed by atoms with Gasteiger partial charge in [0.15, 0.2) is 0 Å². The molecule has 7 heteroatoms. The number of hydrogen-bond donors (Lipinski definition) is 2. The average molecular weight is 613 g/mol. The van der Waals surface area contributed by atoms with Crippen molar-refractivity contribution in [3.05, 3.63) is 70.5 Å². The molecule has 0 bridgehead atoms. The minimum atomic E-state index is 0. The first kappa shape index (κ1) is 26.2. The third kappa shape index (κ3) is 9.81. The van der Waals surface area contributed by atoms with Gasteiger partial charge in [-0.15, -0.1) is 0 Å². The van der Waals surface area contributed by atoms with Crippen LogP contribution in [0.3, 0.4) is 0 Å². The molecule has 0 aliphatic carbocycles. The van der Waals surface area contributed by atoms with Crippen LogP contribution in [0.15, 0.2) is 48.5 Å². The van der Waals surface area contributed by atoms with Crippen molar-refractivity contribution < 1.29 is 96.7 Å². The Hall–Kier alpha value is 0.276. The Kier molecular flexibility index (Phi) is 18.9. The van der Waals surface area contributed by atoms with E-state index in [4.69, 9.17) is 21.0 Å². The summed E-state index contributed by atoms with van der Waals surface area (Å²) in [5, 5.41) is 34.7. The van der Waals surface area contributed by atoms with Crippen molar-refractivity contribution >= 4 is 12.4 Å². The summed E-state index contributed by atoms with van der Waals surface area (Å²) >= 11 is 0. The van der Waals surface area contributed by atoms with E-state index in [9.17, 15) is 0 Å². The van der Waals surface area contributed by atoms with Gasteiger partial charge in [-0.2, -0.15) is 12.4 Å². The summed E-state index contributed by atoms with van der Waals surface area (Å²) in [6.07, 6.45) is 1.74. The molecular formula is C14H12N2O2PtY2-2. The SMILES string of the molecule is [N-]=Cc1ccccc1O.[N-]=Cc1ccccc1O.[Pt].[Y].[Y]. The van der Waals surface area contributed by atoms with Gasteiger partial charge >= 0.3 is 0 Å². The maximum absolute atomic E-state index is 8.92. The van der Waals surface area contributed by atoms with Crippen molar-refractivity contribution in [2.24, 2.45) is 0 Å². The van der Waals surface area contributed by atoms with Gasteiger partial charge in [0.05, 0.1) is 0 Å². The Morgan fingerprint density at radius 1 is 0.667 bits per heavy atom. The molecule has 0 spiro atoms. The molecule has 4 nitrogen and oxygen atoms in total. The van der Waals surface area contributed by atoms with Gasteiger partial charge in [0.2, 0.25) is 0 Å². The molecule has 0 aliphatic rings. The van der Waals surface area contributed by atoms with Crippen LogP contribution in [0.25, 0.3) is 10.8 Å². The van der Waals surface area contributed by atoms with Crippen LogP contribution in [0.5, 0.6) is 11.5 Å². The zero-order valence-corrected chi connectivity index (χ0v) is 19.0. The van der Waals surface area contributed by atoms with Crippen molar-refractivity contribution in [2.75, 3.05) is 0 Å². The second kappa shape index (κ2) is 15.2. The van der Waals surface area contributed by atoms with E-state index in [1.165, 1.54) is 12.1 Å². The molecular weight excluding hydrogens is 601 g/mol. The number of hydrogen-bond acceptors (Lipinski definition) is 2. The molecule has 2 radical (unpaired) electrons. The summed E-state index contributed by atoms with van der Waals surface area (Å²) in [5.74, 6) is 0.194. The molecule has 0 saturated carbocycles. The minimum Gasteiger partial charge on any atom is -0.810 e. The number of benzene rings is 2. The molecule has 0 fully saturated rings. The molecule has 2 aromatic rings. The Morgan fingerprint density at radius 2 is 0.952 bits per heavy atom. The standard InChI is InChI=1S/2C7H6NO.Pt.2Y/c2*8-5-6-3-1-2-4-7(6)9;;;/h2*1-5,9H;;;/q2*-1;;;. The number of rotatable bonds is 2. The average Bonchev–Trinajstić information content (AvgIpc) is 2.41. The molecule has 2 N–H and O–H groups in total. The van der Waals surface area contributed by atoms with Gasteiger partial charge in [-0.1, -0.05) is 36.4 Å². The fourth-order valence-electron chi connectivity index (χ4n) is 1.19. The molecule has 0 aliphatic heterocycles. The third-order valence-electron chi connectivity index (χ3n) is 2.15. The minimum absolute atomic E-state index is 0. The smallest absolute Gasteiger partial charge is 0.120 e.